The maximum absolute atomic E-state index is 10.1. The van der Waals surface area contributed by atoms with E-state index in [0.717, 1.165) is 66.0 Å². The van der Waals surface area contributed by atoms with Crippen molar-refractivity contribution in [2.24, 2.45) is 0 Å². The van der Waals surface area contributed by atoms with E-state index in [4.69, 9.17) is 16.3 Å². The van der Waals surface area contributed by atoms with Gasteiger partial charge >= 0.3 is 0 Å². The average molecular weight is 647 g/mol. The number of piperidine rings is 1. The van der Waals surface area contributed by atoms with E-state index in [1.807, 2.05) is 53.2 Å². The predicted molar refractivity (Wildman–Crippen MR) is 186 cm³/mol. The smallest absolute Gasteiger partial charge is 0.124 e. The predicted octanol–water partition coefficient (Wildman–Crippen LogP) is 7.92. The molecule has 47 heavy (non-hydrogen) atoms. The summed E-state index contributed by atoms with van der Waals surface area (Å²) in [5.74, 6) is 0.854. The fraction of sp³-hybridized carbons (Fsp3) is 0.351. The molecule has 0 saturated carbocycles. The van der Waals surface area contributed by atoms with Gasteiger partial charge in [-0.05, 0) is 57.4 Å². The van der Waals surface area contributed by atoms with Gasteiger partial charge in [0.15, 0.2) is 0 Å². The topological polar surface area (TPSA) is 104 Å². The van der Waals surface area contributed by atoms with Crippen LogP contribution in [0.5, 0.6) is 5.75 Å². The lowest BCUT2D eigenvalue weighted by molar-refractivity contribution is 0.0866. The molecule has 0 radical (unpaired) electrons. The second-order valence-corrected chi connectivity index (χ2v) is 13.8. The van der Waals surface area contributed by atoms with E-state index in [9.17, 15) is 5.26 Å². The number of hydrogen-bond acceptors (Lipinski definition) is 8. The minimum absolute atomic E-state index is 0.0320. The Balaban J connectivity index is 1.22. The molecule has 1 fully saturated rings. The zero-order chi connectivity index (χ0) is 32.5. The third kappa shape index (κ3) is 6.36. The summed E-state index contributed by atoms with van der Waals surface area (Å²) in [5.41, 5.74) is 5.68. The van der Waals surface area contributed by atoms with Gasteiger partial charge in [-0.25, -0.2) is 4.68 Å². The molecule has 0 aliphatic carbocycles. The minimum Gasteiger partial charge on any atom is -0.493 e. The van der Waals surface area contributed by atoms with Crippen LogP contribution >= 0.6 is 11.6 Å². The number of hydrogen-bond donors (Lipinski definition) is 2. The molecule has 10 heteroatoms. The van der Waals surface area contributed by atoms with E-state index in [1.165, 1.54) is 0 Å². The maximum atomic E-state index is 10.1. The number of para-hydroxylation sites is 1. The molecule has 2 aliphatic rings. The number of likely N-dealkylation sites (tertiary alicyclic amines) is 1. The summed E-state index contributed by atoms with van der Waals surface area (Å²) >= 11 is 6.91. The standard InChI is InChI=1S/C37H39ClN8O/c1-37(2,3)45-16-13-27(14-17-45)46-23-32(43-44-46)35(24-9-5-4-6-10-24)41-26-19-29-34(25(21-39)22-40-36(29)30(38)20-26)42-31-15-18-47-33-12-8-7-11-28(31)33/h4-12,19-20,22-23,27,31,35,41H,13-18H2,1-3H3,(H,40,42)/t31?,35-/m0/s1. The Morgan fingerprint density at radius 1 is 1.02 bits per heavy atom. The van der Waals surface area contributed by atoms with Gasteiger partial charge in [0.1, 0.15) is 17.5 Å². The first-order valence-corrected chi connectivity index (χ1v) is 16.6. The van der Waals surface area contributed by atoms with Crippen molar-refractivity contribution in [1.29, 1.82) is 5.26 Å². The van der Waals surface area contributed by atoms with E-state index in [-0.39, 0.29) is 17.6 Å². The van der Waals surface area contributed by atoms with Gasteiger partial charge in [-0.15, -0.1) is 5.10 Å². The van der Waals surface area contributed by atoms with Crippen LogP contribution in [0.25, 0.3) is 10.9 Å². The van der Waals surface area contributed by atoms with Gasteiger partial charge in [-0.2, -0.15) is 5.26 Å². The fourth-order valence-electron chi connectivity index (χ4n) is 6.79. The highest BCUT2D eigenvalue weighted by Crippen LogP contribution is 2.40. The first kappa shape index (κ1) is 31.0. The highest BCUT2D eigenvalue weighted by atomic mass is 35.5. The number of nitrogens with zero attached hydrogens (tertiary/aromatic N) is 6. The van der Waals surface area contributed by atoms with Crippen LogP contribution in [0.1, 0.15) is 80.5 Å². The SMILES string of the molecule is CC(C)(C)N1CCC(n2cc([C@@H](Nc3cc(Cl)c4ncc(C#N)c(NC5CCOc6ccccc65)c4c3)c3ccccc3)nn2)CC1. The molecule has 7 rings (SSSR count). The number of nitrogens with one attached hydrogen (secondary N) is 2. The van der Waals surface area contributed by atoms with Gasteiger partial charge < -0.3 is 15.4 Å². The lowest BCUT2D eigenvalue weighted by atomic mass is 9.98. The third-order valence-electron chi connectivity index (χ3n) is 9.38. The molecule has 240 valence electrons. The van der Waals surface area contributed by atoms with Gasteiger partial charge in [-0.3, -0.25) is 9.88 Å². The molecule has 2 aromatic heterocycles. The van der Waals surface area contributed by atoms with Gasteiger partial charge in [0.2, 0.25) is 0 Å². The Morgan fingerprint density at radius 2 is 1.79 bits per heavy atom. The first-order chi connectivity index (χ1) is 22.8. The Morgan fingerprint density at radius 3 is 2.55 bits per heavy atom. The number of halogens is 1. The molecule has 9 nitrogen and oxygen atoms in total. The zero-order valence-corrected chi connectivity index (χ0v) is 27.7. The number of benzene rings is 3. The molecular weight excluding hydrogens is 608 g/mol. The van der Waals surface area contributed by atoms with Gasteiger partial charge in [0.05, 0.1) is 52.7 Å². The van der Waals surface area contributed by atoms with E-state index < -0.39 is 0 Å². The summed E-state index contributed by atoms with van der Waals surface area (Å²) in [6, 6.07) is 24.5. The quantitative estimate of drug-likeness (QED) is 0.184. The summed E-state index contributed by atoms with van der Waals surface area (Å²) in [6.45, 7) is 9.48. The number of ether oxygens (including phenoxy) is 1. The molecule has 1 unspecified atom stereocenters. The van der Waals surface area contributed by atoms with E-state index in [2.05, 4.69) is 82.1 Å². The molecule has 0 amide bonds. The number of aromatic nitrogens is 4. The summed E-state index contributed by atoms with van der Waals surface area (Å²) in [6.07, 6.45) is 6.50. The number of anilines is 2. The van der Waals surface area contributed by atoms with Crippen LogP contribution in [0.4, 0.5) is 11.4 Å². The monoisotopic (exact) mass is 646 g/mol. The van der Waals surface area contributed by atoms with E-state index >= 15 is 0 Å². The van der Waals surface area contributed by atoms with Crippen molar-refractivity contribution in [2.45, 2.75) is 63.7 Å². The van der Waals surface area contributed by atoms with Crippen LogP contribution in [0.2, 0.25) is 5.02 Å². The van der Waals surface area contributed by atoms with Crippen LogP contribution in [0.3, 0.4) is 0 Å². The van der Waals surface area contributed by atoms with Gasteiger partial charge in [0.25, 0.3) is 0 Å². The van der Waals surface area contributed by atoms with Crippen molar-refractivity contribution in [2.75, 3.05) is 30.3 Å². The Hall–Kier alpha value is -4.65. The summed E-state index contributed by atoms with van der Waals surface area (Å²) in [7, 11) is 0. The Bertz CT molecular complexity index is 1920. The number of nitriles is 1. The summed E-state index contributed by atoms with van der Waals surface area (Å²) in [5, 5.41) is 28.1. The molecule has 2 aliphatic heterocycles. The Kier molecular flexibility index (Phi) is 8.48. The fourth-order valence-corrected chi connectivity index (χ4v) is 7.06. The maximum Gasteiger partial charge on any atom is 0.124 e. The number of rotatable bonds is 7. The highest BCUT2D eigenvalue weighted by molar-refractivity contribution is 6.35. The van der Waals surface area contributed by atoms with E-state index in [1.54, 1.807) is 6.20 Å². The largest absolute Gasteiger partial charge is 0.493 e. The number of fused-ring (bicyclic) bond motifs is 2. The summed E-state index contributed by atoms with van der Waals surface area (Å²) < 4.78 is 7.94. The molecule has 2 N–H and O–H groups in total. The van der Waals surface area contributed by atoms with Gasteiger partial charge in [0, 0.05) is 47.9 Å². The van der Waals surface area contributed by atoms with Crippen LogP contribution in [-0.2, 0) is 0 Å². The van der Waals surface area contributed by atoms with Crippen molar-refractivity contribution in [3.05, 3.63) is 107 Å². The second-order valence-electron chi connectivity index (χ2n) is 13.4. The molecule has 0 spiro atoms. The van der Waals surface area contributed by atoms with Crippen LogP contribution in [-0.4, -0.2) is 50.1 Å². The van der Waals surface area contributed by atoms with Crippen molar-refractivity contribution < 1.29 is 4.74 Å². The van der Waals surface area contributed by atoms with Crippen molar-refractivity contribution >= 4 is 33.9 Å². The van der Waals surface area contributed by atoms with Crippen molar-refractivity contribution in [3.8, 4) is 11.8 Å². The normalized spacial score (nSPS) is 17.8. The molecular formula is C37H39ClN8O. The van der Waals surface area contributed by atoms with E-state index in [0.29, 0.717) is 34.4 Å². The average Bonchev–Trinajstić information content (AvgIpc) is 3.58. The molecule has 3 aromatic carbocycles. The lowest BCUT2D eigenvalue weighted by Gasteiger charge is -2.40. The Labute approximate surface area is 280 Å². The summed E-state index contributed by atoms with van der Waals surface area (Å²) in [4.78, 5) is 7.12. The highest BCUT2D eigenvalue weighted by Gasteiger charge is 2.29. The van der Waals surface area contributed by atoms with Gasteiger partial charge in [-0.1, -0.05) is 65.3 Å². The third-order valence-corrected chi connectivity index (χ3v) is 9.67. The number of pyridine rings is 1. The molecule has 4 heterocycles. The van der Waals surface area contributed by atoms with Crippen LogP contribution in [0, 0.1) is 11.3 Å². The van der Waals surface area contributed by atoms with Crippen LogP contribution < -0.4 is 15.4 Å². The first-order valence-electron chi connectivity index (χ1n) is 16.3. The van der Waals surface area contributed by atoms with Crippen molar-refractivity contribution in [1.82, 2.24) is 24.9 Å². The molecule has 0 bridgehead atoms. The lowest BCUT2D eigenvalue weighted by Crippen LogP contribution is -2.46. The van der Waals surface area contributed by atoms with Crippen molar-refractivity contribution in [3.63, 3.8) is 0 Å². The molecule has 1 saturated heterocycles. The minimum atomic E-state index is -0.279. The second kappa shape index (κ2) is 12.9. The van der Waals surface area contributed by atoms with Crippen LogP contribution in [0.15, 0.2) is 79.1 Å². The molecule has 5 aromatic rings. The molecule has 2 atom stereocenters. The zero-order valence-electron chi connectivity index (χ0n) is 26.9.